The van der Waals surface area contributed by atoms with Crippen LogP contribution in [0.2, 0.25) is 10.0 Å². The van der Waals surface area contributed by atoms with Crippen molar-refractivity contribution in [2.24, 2.45) is 0 Å². The van der Waals surface area contributed by atoms with E-state index in [2.05, 4.69) is 10.7 Å². The molecule has 1 atom stereocenters. The first-order valence-corrected chi connectivity index (χ1v) is 11.8. The number of esters is 1. The number of amides is 3. The predicted molar refractivity (Wildman–Crippen MR) is 135 cm³/mol. The Morgan fingerprint density at radius 2 is 1.77 bits per heavy atom. The normalized spacial score (nSPS) is 15.3. The smallest absolute Gasteiger partial charge is 0.338 e. The molecular weight excluding hydrogens is 515 g/mol. The minimum Gasteiger partial charge on any atom is -0.462 e. The van der Waals surface area contributed by atoms with Crippen molar-refractivity contribution >= 4 is 69.9 Å². The third-order valence-electron chi connectivity index (χ3n) is 5.07. The van der Waals surface area contributed by atoms with E-state index >= 15 is 0 Å². The number of ether oxygens (including phenoxy) is 1. The van der Waals surface area contributed by atoms with E-state index in [1.165, 1.54) is 40.2 Å². The number of hydrogen-bond donors (Lipinski definition) is 2. The number of thiocarbonyl (C=S) groups is 1. The molecule has 1 saturated heterocycles. The molecule has 0 bridgehead atoms. The van der Waals surface area contributed by atoms with Gasteiger partial charge in [-0.25, -0.2) is 9.80 Å². The van der Waals surface area contributed by atoms with Gasteiger partial charge in [-0.15, -0.1) is 0 Å². The Morgan fingerprint density at radius 1 is 1.09 bits per heavy atom. The van der Waals surface area contributed by atoms with Gasteiger partial charge in [0, 0.05) is 17.3 Å². The van der Waals surface area contributed by atoms with Gasteiger partial charge in [-0.05, 0) is 68.5 Å². The van der Waals surface area contributed by atoms with E-state index in [9.17, 15) is 19.2 Å². The Balaban J connectivity index is 1.73. The maximum Gasteiger partial charge on any atom is 0.338 e. The molecule has 0 saturated carbocycles. The molecule has 1 unspecified atom stereocenters. The van der Waals surface area contributed by atoms with E-state index in [1.54, 1.807) is 26.0 Å². The third-order valence-corrected chi connectivity index (χ3v) is 6.04. The summed E-state index contributed by atoms with van der Waals surface area (Å²) < 4.78 is 4.93. The second-order valence-corrected chi connectivity index (χ2v) is 8.57. The average Bonchev–Trinajstić information content (AvgIpc) is 3.02. The van der Waals surface area contributed by atoms with Gasteiger partial charge in [-0.2, -0.15) is 0 Å². The van der Waals surface area contributed by atoms with Crippen LogP contribution < -0.4 is 10.7 Å². The number of rotatable bonds is 8. The summed E-state index contributed by atoms with van der Waals surface area (Å²) in [5, 5.41) is 4.42. The lowest BCUT2D eigenvalue weighted by Gasteiger charge is -2.24. The molecule has 2 aromatic rings. The number of carbonyl (C=O) groups is 4. The Labute approximate surface area is 217 Å². The highest BCUT2D eigenvalue weighted by molar-refractivity contribution is 7.80. The van der Waals surface area contributed by atoms with Gasteiger partial charge in [0.1, 0.15) is 6.04 Å². The predicted octanol–water partition coefficient (Wildman–Crippen LogP) is 3.66. The van der Waals surface area contributed by atoms with Crippen molar-refractivity contribution in [1.82, 2.24) is 15.3 Å². The van der Waals surface area contributed by atoms with Gasteiger partial charge in [-0.1, -0.05) is 23.2 Å². The van der Waals surface area contributed by atoms with Crippen molar-refractivity contribution < 1.29 is 23.9 Å². The number of benzene rings is 2. The first-order valence-electron chi connectivity index (χ1n) is 10.6. The Bertz CT molecular complexity index is 1180. The summed E-state index contributed by atoms with van der Waals surface area (Å²) in [6.45, 7) is 3.95. The van der Waals surface area contributed by atoms with E-state index in [-0.39, 0.29) is 35.3 Å². The molecule has 1 aliphatic rings. The molecule has 12 heteroatoms. The maximum absolute atomic E-state index is 12.9. The molecule has 0 aromatic heterocycles. The minimum atomic E-state index is -1.06. The van der Waals surface area contributed by atoms with E-state index < -0.39 is 29.7 Å². The molecule has 0 radical (unpaired) electrons. The van der Waals surface area contributed by atoms with Crippen LogP contribution >= 0.6 is 35.4 Å². The van der Waals surface area contributed by atoms with Crippen molar-refractivity contribution in [2.45, 2.75) is 26.3 Å². The van der Waals surface area contributed by atoms with Crippen LogP contribution in [0.15, 0.2) is 42.5 Å². The van der Waals surface area contributed by atoms with Crippen LogP contribution in [0.25, 0.3) is 0 Å². The van der Waals surface area contributed by atoms with Crippen LogP contribution in [-0.2, 0) is 14.3 Å². The van der Waals surface area contributed by atoms with Gasteiger partial charge in [0.2, 0.25) is 5.91 Å². The van der Waals surface area contributed by atoms with Crippen LogP contribution in [0.4, 0.5) is 5.69 Å². The monoisotopic (exact) mass is 536 g/mol. The molecule has 0 spiro atoms. The zero-order valence-corrected chi connectivity index (χ0v) is 21.2. The van der Waals surface area contributed by atoms with Gasteiger partial charge in [0.15, 0.2) is 5.11 Å². The first-order chi connectivity index (χ1) is 16.7. The molecule has 1 fully saturated rings. The Hall–Kier alpha value is -3.21. The highest BCUT2D eigenvalue weighted by atomic mass is 35.5. The van der Waals surface area contributed by atoms with Crippen LogP contribution in [0, 0.1) is 0 Å². The molecule has 0 aliphatic carbocycles. The quantitative estimate of drug-likeness (QED) is 0.391. The van der Waals surface area contributed by atoms with Crippen molar-refractivity contribution in [2.75, 3.05) is 18.5 Å². The zero-order valence-electron chi connectivity index (χ0n) is 18.8. The standard InChI is InChI=1S/C23H22Cl2N4O5S/c1-3-28-21(32)18(12-19(30)26-15-8-5-13(6-9-15)22(33)34-4-2)29(23(28)35)27-20(31)16-10-7-14(24)11-17(16)25/h5-11,18H,3-4,12H2,1-2H3,(H,26,30)(H,27,31). The molecule has 184 valence electrons. The van der Waals surface area contributed by atoms with Crippen molar-refractivity contribution in [3.8, 4) is 0 Å². The van der Waals surface area contributed by atoms with Gasteiger partial charge in [0.05, 0.1) is 29.2 Å². The maximum atomic E-state index is 12.9. The van der Waals surface area contributed by atoms with Crippen LogP contribution in [-0.4, -0.2) is 57.9 Å². The fourth-order valence-electron chi connectivity index (χ4n) is 3.38. The minimum absolute atomic E-state index is 0.0625. The molecule has 1 heterocycles. The second-order valence-electron chi connectivity index (χ2n) is 7.37. The zero-order chi connectivity index (χ0) is 25.7. The number of likely N-dealkylation sites (N-methyl/N-ethyl adjacent to an activating group) is 1. The number of carbonyl (C=O) groups excluding carboxylic acids is 4. The topological polar surface area (TPSA) is 108 Å². The largest absolute Gasteiger partial charge is 0.462 e. The number of halogens is 2. The molecular formula is C23H22Cl2N4O5S. The van der Waals surface area contributed by atoms with Crippen molar-refractivity contribution in [3.05, 3.63) is 63.6 Å². The Kier molecular flexibility index (Phi) is 8.66. The molecule has 9 nitrogen and oxygen atoms in total. The van der Waals surface area contributed by atoms with E-state index in [4.69, 9.17) is 40.2 Å². The summed E-state index contributed by atoms with van der Waals surface area (Å²) in [6, 6.07) is 9.44. The third kappa shape index (κ3) is 6.08. The number of hydrazine groups is 1. The van der Waals surface area contributed by atoms with Gasteiger partial charge >= 0.3 is 5.97 Å². The highest BCUT2D eigenvalue weighted by Gasteiger charge is 2.44. The fourth-order valence-corrected chi connectivity index (χ4v) is 4.26. The number of anilines is 1. The van der Waals surface area contributed by atoms with Gasteiger partial charge < -0.3 is 10.1 Å². The van der Waals surface area contributed by atoms with Gasteiger partial charge in [-0.3, -0.25) is 24.7 Å². The molecule has 35 heavy (non-hydrogen) atoms. The molecule has 1 aliphatic heterocycles. The lowest BCUT2D eigenvalue weighted by molar-refractivity contribution is -0.130. The van der Waals surface area contributed by atoms with Crippen molar-refractivity contribution in [3.63, 3.8) is 0 Å². The summed E-state index contributed by atoms with van der Waals surface area (Å²) in [6.07, 6.45) is -0.288. The molecule has 2 aromatic carbocycles. The first kappa shape index (κ1) is 26.4. The summed E-state index contributed by atoms with van der Waals surface area (Å²) in [5.74, 6) is -1.99. The summed E-state index contributed by atoms with van der Waals surface area (Å²) >= 11 is 17.4. The van der Waals surface area contributed by atoms with E-state index in [0.29, 0.717) is 16.3 Å². The van der Waals surface area contributed by atoms with Crippen LogP contribution in [0.5, 0.6) is 0 Å². The van der Waals surface area contributed by atoms with E-state index in [1.807, 2.05) is 0 Å². The van der Waals surface area contributed by atoms with Crippen LogP contribution in [0.3, 0.4) is 0 Å². The van der Waals surface area contributed by atoms with Crippen LogP contribution in [0.1, 0.15) is 41.0 Å². The lowest BCUT2D eigenvalue weighted by Crippen LogP contribution is -2.49. The van der Waals surface area contributed by atoms with E-state index in [0.717, 1.165) is 0 Å². The molecule has 3 amide bonds. The number of nitrogens with zero attached hydrogens (tertiary/aromatic N) is 2. The van der Waals surface area contributed by atoms with Gasteiger partial charge in [0.25, 0.3) is 11.8 Å². The molecule has 3 rings (SSSR count). The SMILES string of the molecule is CCOC(=O)c1ccc(NC(=O)CC2C(=O)N(CC)C(=S)N2NC(=O)c2ccc(Cl)cc2Cl)cc1. The van der Waals surface area contributed by atoms with Crippen molar-refractivity contribution in [1.29, 1.82) is 0 Å². The fraction of sp³-hybridized carbons (Fsp3) is 0.261. The summed E-state index contributed by atoms with van der Waals surface area (Å²) in [4.78, 5) is 51.6. The summed E-state index contributed by atoms with van der Waals surface area (Å²) in [7, 11) is 0. The lowest BCUT2D eigenvalue weighted by atomic mass is 10.1. The highest BCUT2D eigenvalue weighted by Crippen LogP contribution is 2.23. The summed E-state index contributed by atoms with van der Waals surface area (Å²) in [5.41, 5.74) is 3.48. The average molecular weight is 537 g/mol. The number of hydrogen-bond acceptors (Lipinski definition) is 6. The second kappa shape index (κ2) is 11.5. The molecule has 2 N–H and O–H groups in total. The Morgan fingerprint density at radius 3 is 2.37 bits per heavy atom. The number of nitrogens with one attached hydrogen (secondary N) is 2.